The molecule has 0 aliphatic heterocycles. The fraction of sp³-hybridized carbons (Fsp3) is 0.0204. The van der Waals surface area contributed by atoms with Crippen LogP contribution in [0.15, 0.2) is 4.42 Å². The largest absolute Gasteiger partial charge is 0.506 e. The molecule has 1 aromatic heterocycles. The maximum Gasteiger partial charge on any atom is 0.205 e. The number of nitrogens with two attached hydrogens (primary N) is 2. The highest BCUT2D eigenvalue weighted by Gasteiger charge is 2.50. The molecule has 31 heteroatoms. The summed E-state index contributed by atoms with van der Waals surface area (Å²) >= 11 is 0. The van der Waals surface area contributed by atoms with Gasteiger partial charge < -0.3 is 159 Å². The predicted molar refractivity (Wildman–Crippen MR) is 264 cm³/mol. The van der Waals surface area contributed by atoms with Crippen molar-refractivity contribution in [1.29, 1.82) is 0 Å². The van der Waals surface area contributed by atoms with Crippen LogP contribution in [0.2, 0.25) is 0 Å². The predicted octanol–water partition coefficient (Wildman–Crippen LogP) is 3.90. The lowest BCUT2D eigenvalue weighted by Gasteiger charge is -2.25. The van der Waals surface area contributed by atoms with Crippen LogP contribution < -0.4 is 11.5 Å². The molecular weight excluding hydrogens is 1080 g/mol. The standard InChI is InChI=1S/C49H32N2O29/c50-49(51)17-7(8-18(49)37(70)45(78)42(75)26(8)59)19(52)11(31(64)36(17)69)13-29(62)27(60)10(28(61)30(13)63)2-5-3(22(55)38(71)40(73)24(5)57)1(4-6(2)25(58)41(74)39(72)23(4)56)9-20(53)16-15-21(54)12-14(33(66)44(77)43(76)32(12)65)35(68)47(15)80-48(16)46(79)34(9)67/h52-79H,50-51H2. The zero-order valence-corrected chi connectivity index (χ0v) is 38.6. The molecule has 31 nitrogen and oxygen atoms in total. The summed E-state index contributed by atoms with van der Waals surface area (Å²) in [5.41, 5.74) is -5.80. The molecule has 32 N–H and O–H groups in total. The zero-order valence-electron chi connectivity index (χ0n) is 38.6. The maximum absolute atomic E-state index is 12.3. The third-order valence-corrected chi connectivity index (χ3v) is 14.2. The van der Waals surface area contributed by atoms with Gasteiger partial charge in [0.2, 0.25) is 51.7 Å². The number of phenolic OH excluding ortho intramolecular Hbond substituents is 28. The summed E-state index contributed by atoms with van der Waals surface area (Å²) in [5, 5.41) is 307. The number of phenols is 28. The van der Waals surface area contributed by atoms with Crippen molar-refractivity contribution in [2.75, 3.05) is 0 Å². The third kappa shape index (κ3) is 5.34. The van der Waals surface area contributed by atoms with E-state index in [1.54, 1.807) is 0 Å². The van der Waals surface area contributed by atoms with Crippen molar-refractivity contribution in [3.8, 4) is 205 Å². The van der Waals surface area contributed by atoms with Gasteiger partial charge >= 0.3 is 0 Å². The monoisotopic (exact) mass is 1110 g/mol. The summed E-state index contributed by atoms with van der Waals surface area (Å²) in [7, 11) is 0. The number of furan rings is 1. The van der Waals surface area contributed by atoms with Gasteiger partial charge in [-0.3, -0.25) is 0 Å². The minimum Gasteiger partial charge on any atom is -0.506 e. The number of benzene rings is 9. The van der Waals surface area contributed by atoms with Gasteiger partial charge in [-0.05, 0) is 0 Å². The molecule has 0 spiro atoms. The molecule has 0 atom stereocenters. The quantitative estimate of drug-likeness (QED) is 0.0516. The molecule has 0 saturated carbocycles. The molecule has 9 aromatic carbocycles. The van der Waals surface area contributed by atoms with Crippen LogP contribution in [0.4, 0.5) is 0 Å². The Hall–Kier alpha value is -12.1. The van der Waals surface area contributed by atoms with E-state index in [0.717, 1.165) is 0 Å². The van der Waals surface area contributed by atoms with Gasteiger partial charge in [-0.2, -0.15) is 0 Å². The van der Waals surface area contributed by atoms with E-state index < -0.39 is 277 Å². The van der Waals surface area contributed by atoms with E-state index in [9.17, 15) is 143 Å². The first-order valence-corrected chi connectivity index (χ1v) is 21.7. The van der Waals surface area contributed by atoms with Gasteiger partial charge in [0.05, 0.1) is 43.8 Å². The molecule has 80 heavy (non-hydrogen) atoms. The Balaban J connectivity index is 1.32. The van der Waals surface area contributed by atoms with Crippen molar-refractivity contribution in [2.24, 2.45) is 11.5 Å². The van der Waals surface area contributed by atoms with Gasteiger partial charge in [0.25, 0.3) is 0 Å². The fourth-order valence-electron chi connectivity index (χ4n) is 10.7. The highest BCUT2D eigenvalue weighted by molar-refractivity contribution is 6.33. The van der Waals surface area contributed by atoms with Crippen molar-refractivity contribution < 1.29 is 147 Å². The first-order chi connectivity index (χ1) is 37.2. The van der Waals surface area contributed by atoms with Crippen LogP contribution in [0.3, 0.4) is 0 Å². The summed E-state index contributed by atoms with van der Waals surface area (Å²) in [6.45, 7) is 0. The van der Waals surface area contributed by atoms with Crippen LogP contribution >= 0.6 is 0 Å². The second kappa shape index (κ2) is 15.0. The van der Waals surface area contributed by atoms with E-state index >= 15 is 0 Å². The molecule has 11 rings (SSSR count). The number of aromatic hydroxyl groups is 28. The topological polar surface area (TPSA) is 632 Å². The number of fused-ring (bicyclic) bond motifs is 9. The van der Waals surface area contributed by atoms with E-state index in [1.165, 1.54) is 0 Å². The van der Waals surface area contributed by atoms with Crippen molar-refractivity contribution in [2.45, 2.75) is 5.66 Å². The van der Waals surface area contributed by atoms with Gasteiger partial charge in [-0.25, -0.2) is 0 Å². The maximum atomic E-state index is 12.3. The van der Waals surface area contributed by atoms with Gasteiger partial charge in [0.15, 0.2) is 103 Å². The molecule has 10 aromatic rings. The van der Waals surface area contributed by atoms with Crippen LogP contribution in [0.5, 0.6) is 161 Å². The number of rotatable bonds is 3. The van der Waals surface area contributed by atoms with Gasteiger partial charge in [0, 0.05) is 54.9 Å². The zero-order chi connectivity index (χ0) is 58.9. The average Bonchev–Trinajstić information content (AvgIpc) is 4.11. The molecule has 412 valence electrons. The Bertz CT molecular complexity index is 4600. The van der Waals surface area contributed by atoms with E-state index in [0.29, 0.717) is 0 Å². The molecule has 0 unspecified atom stereocenters. The second-order valence-electron chi connectivity index (χ2n) is 18.1. The van der Waals surface area contributed by atoms with Crippen LogP contribution in [-0.4, -0.2) is 143 Å². The molecule has 0 bridgehead atoms. The van der Waals surface area contributed by atoms with Crippen molar-refractivity contribution in [3.63, 3.8) is 0 Å². The van der Waals surface area contributed by atoms with E-state index in [-0.39, 0.29) is 0 Å². The Morgan fingerprint density at radius 2 is 0.412 bits per heavy atom. The van der Waals surface area contributed by atoms with E-state index in [2.05, 4.69) is 0 Å². The summed E-state index contributed by atoms with van der Waals surface area (Å²) in [6.07, 6.45) is 0. The first-order valence-electron chi connectivity index (χ1n) is 21.7. The van der Waals surface area contributed by atoms with Crippen molar-refractivity contribution >= 4 is 54.3 Å². The molecule has 0 saturated heterocycles. The van der Waals surface area contributed by atoms with Crippen LogP contribution in [0.1, 0.15) is 11.1 Å². The van der Waals surface area contributed by atoms with Crippen LogP contribution in [-0.2, 0) is 5.66 Å². The van der Waals surface area contributed by atoms with Gasteiger partial charge in [-0.15, -0.1) is 0 Å². The van der Waals surface area contributed by atoms with Crippen LogP contribution in [0, 0.1) is 0 Å². The highest BCUT2D eigenvalue weighted by atomic mass is 16.4. The van der Waals surface area contributed by atoms with Crippen LogP contribution in [0.25, 0.3) is 98.8 Å². The molecule has 0 amide bonds. The SMILES string of the molecule is NC1(N)c2c(O)c(O)c(O)c(O)c2-c2c(O)c(-c3c(O)c(O)c(-c4c5c(O)c(O)c(O)c(O)c5c(-c5c(O)c(O)c6oc7c(O)c8c(O)c(O)c(O)c(O)c8c(O)c7c6c5O)c5c(O)c(O)c(O)c(O)c45)c(O)c3O)c(O)c(O)c21. The normalized spacial score (nSPS) is 12.9. The van der Waals surface area contributed by atoms with Gasteiger partial charge in [-0.1, -0.05) is 0 Å². The number of hydrogen-bond donors (Lipinski definition) is 30. The highest BCUT2D eigenvalue weighted by Crippen LogP contribution is 2.71. The molecule has 0 fully saturated rings. The lowest BCUT2D eigenvalue weighted by Crippen LogP contribution is -2.45. The summed E-state index contributed by atoms with van der Waals surface area (Å²) in [5.74, 6) is -46.1. The minimum absolute atomic E-state index is 0.945. The van der Waals surface area contributed by atoms with Gasteiger partial charge in [0.1, 0.15) is 22.9 Å². The second-order valence-corrected chi connectivity index (χ2v) is 18.1. The van der Waals surface area contributed by atoms with E-state index in [1.807, 2.05) is 0 Å². The average molecular weight is 1110 g/mol. The Morgan fingerprint density at radius 1 is 0.175 bits per heavy atom. The van der Waals surface area contributed by atoms with E-state index in [4.69, 9.17) is 15.9 Å². The first kappa shape index (κ1) is 50.1. The van der Waals surface area contributed by atoms with Crippen molar-refractivity contribution in [1.82, 2.24) is 0 Å². The lowest BCUT2D eigenvalue weighted by atomic mass is 9.81. The summed E-state index contributed by atoms with van der Waals surface area (Å²) < 4.78 is 5.46. The number of hydrogen-bond acceptors (Lipinski definition) is 31. The molecule has 1 heterocycles. The lowest BCUT2D eigenvalue weighted by molar-refractivity contribution is 0.339. The molecular formula is C49H32N2O29. The third-order valence-electron chi connectivity index (χ3n) is 14.2. The summed E-state index contributed by atoms with van der Waals surface area (Å²) in [4.78, 5) is 0. The Labute approximate surface area is 434 Å². The fourth-order valence-corrected chi connectivity index (χ4v) is 10.7. The molecule has 1 aliphatic rings. The Morgan fingerprint density at radius 3 is 0.825 bits per heavy atom. The molecule has 0 radical (unpaired) electrons. The summed E-state index contributed by atoms with van der Waals surface area (Å²) in [6, 6.07) is 0. The minimum atomic E-state index is -2.84. The Kier molecular flexibility index (Phi) is 9.42. The smallest absolute Gasteiger partial charge is 0.205 e. The van der Waals surface area contributed by atoms with Crippen molar-refractivity contribution in [3.05, 3.63) is 11.1 Å². The molecule has 1 aliphatic carbocycles.